The van der Waals surface area contributed by atoms with E-state index in [1.165, 1.54) is 64.4 Å². The number of benzene rings is 2. The Balaban J connectivity index is 2.01. The van der Waals surface area contributed by atoms with Gasteiger partial charge in [-0.25, -0.2) is 10.0 Å². The van der Waals surface area contributed by atoms with E-state index in [0.717, 1.165) is 10.0 Å². The number of nitriles is 2. The van der Waals surface area contributed by atoms with Crippen LogP contribution in [0.4, 0.5) is 0 Å². The fourth-order valence-electron chi connectivity index (χ4n) is 4.17. The number of hydrogen-bond donors (Lipinski definition) is 2. The number of nitrogens with one attached hydrogen (secondary N) is 2. The fourth-order valence-corrected chi connectivity index (χ4v) is 4.42. The summed E-state index contributed by atoms with van der Waals surface area (Å²) in [7, 11) is 0. The Hall–Kier alpha value is -5.68. The molecule has 1 heterocycles. The Labute approximate surface area is 276 Å². The normalized spacial score (nSPS) is 20.2. The molecule has 2 N–H and O–H groups in total. The number of ketones is 2. The number of carbonyl (C=O) groups excluding carboxylic acids is 4. The summed E-state index contributed by atoms with van der Waals surface area (Å²) < 4.78 is 0. The summed E-state index contributed by atoms with van der Waals surface area (Å²) >= 11 is 11.8. The monoisotopic (exact) mass is 654 g/mol. The van der Waals surface area contributed by atoms with Crippen LogP contribution in [0.15, 0.2) is 119 Å². The van der Waals surface area contributed by atoms with E-state index in [-0.39, 0.29) is 45.3 Å². The number of nitrogens with zero attached hydrogens (tertiary/aromatic N) is 4. The number of rotatable bonds is 8. The summed E-state index contributed by atoms with van der Waals surface area (Å²) in [6.45, 7) is 6.08. The van der Waals surface area contributed by atoms with Crippen LogP contribution in [0.25, 0.3) is 0 Å². The number of amides is 2. The molecule has 2 amide bonds. The van der Waals surface area contributed by atoms with Gasteiger partial charge in [-0.2, -0.15) is 10.5 Å². The highest BCUT2D eigenvalue weighted by molar-refractivity contribution is 6.31. The van der Waals surface area contributed by atoms with E-state index in [0.29, 0.717) is 21.2 Å². The molecule has 46 heavy (non-hydrogen) atoms. The minimum absolute atomic E-state index is 0.200. The predicted octanol–water partition coefficient (Wildman–Crippen LogP) is 6.25. The molecule has 1 aliphatic rings. The topological polar surface area (TPSA) is 146 Å². The highest BCUT2D eigenvalue weighted by atomic mass is 35.5. The average Bonchev–Trinajstić information content (AvgIpc) is 3.01. The molecule has 0 fully saturated rings. The van der Waals surface area contributed by atoms with Crippen molar-refractivity contribution < 1.29 is 19.2 Å². The highest BCUT2D eigenvalue weighted by Crippen LogP contribution is 2.20. The van der Waals surface area contributed by atoms with Crippen LogP contribution in [-0.4, -0.2) is 33.4 Å². The van der Waals surface area contributed by atoms with Crippen LogP contribution >= 0.6 is 23.2 Å². The lowest BCUT2D eigenvalue weighted by Crippen LogP contribution is -2.41. The van der Waals surface area contributed by atoms with Crippen molar-refractivity contribution in [3.8, 4) is 12.1 Å². The maximum absolute atomic E-state index is 13.7. The van der Waals surface area contributed by atoms with Gasteiger partial charge in [0, 0.05) is 57.1 Å². The minimum atomic E-state index is -0.757. The van der Waals surface area contributed by atoms with Crippen molar-refractivity contribution >= 4 is 46.6 Å². The molecule has 0 atom stereocenters. The van der Waals surface area contributed by atoms with Gasteiger partial charge in [-0.3, -0.25) is 30.0 Å². The van der Waals surface area contributed by atoms with Gasteiger partial charge in [-0.05, 0) is 99.5 Å². The first-order valence-electron chi connectivity index (χ1n) is 13.6. The van der Waals surface area contributed by atoms with Crippen LogP contribution in [-0.2, 0) is 9.59 Å². The van der Waals surface area contributed by atoms with Gasteiger partial charge < -0.3 is 0 Å². The van der Waals surface area contributed by atoms with Gasteiger partial charge in [-0.1, -0.05) is 23.2 Å². The lowest BCUT2D eigenvalue weighted by atomic mass is 10.1. The molecule has 0 spiro atoms. The molecule has 0 aliphatic carbocycles. The Morgan fingerprint density at radius 1 is 0.652 bits per heavy atom. The standard InChI is InChI=1S/C34H28Cl2N6O4/c1-21-17-23(3)41(39-15-13-31(43)25-5-9-27(35)10-6-25)34(46)30(20-38)22(2)18-24(4)42(33(45)29(21)19-37)40-16-14-32(44)26-7-11-28(36)12-8-26/h5-18,39-40H,1-4H3/b15-13-,16-14-,23-17+,24-18+,29-21-,30-22-. The maximum atomic E-state index is 13.7. The van der Waals surface area contributed by atoms with Crippen molar-refractivity contribution in [1.82, 2.24) is 20.9 Å². The zero-order chi connectivity index (χ0) is 34.0. The zero-order valence-electron chi connectivity index (χ0n) is 25.3. The van der Waals surface area contributed by atoms with Gasteiger partial charge in [0.1, 0.15) is 23.3 Å². The first-order chi connectivity index (χ1) is 21.9. The first kappa shape index (κ1) is 34.8. The van der Waals surface area contributed by atoms with Crippen molar-refractivity contribution in [3.05, 3.63) is 140 Å². The summed E-state index contributed by atoms with van der Waals surface area (Å²) in [6, 6.07) is 16.3. The Morgan fingerprint density at radius 2 is 0.978 bits per heavy atom. The number of hydrazine groups is 2. The average molecular weight is 656 g/mol. The second-order valence-corrected chi connectivity index (χ2v) is 10.7. The number of carbonyl (C=O) groups is 4. The number of hydrogen-bond acceptors (Lipinski definition) is 8. The van der Waals surface area contributed by atoms with E-state index >= 15 is 0 Å². The van der Waals surface area contributed by atoms with Crippen molar-refractivity contribution in [2.24, 2.45) is 0 Å². The molecule has 3 rings (SSSR count). The largest absolute Gasteiger partial charge is 0.299 e. The van der Waals surface area contributed by atoms with Crippen molar-refractivity contribution in [2.75, 3.05) is 0 Å². The van der Waals surface area contributed by atoms with Crippen LogP contribution in [0.5, 0.6) is 0 Å². The van der Waals surface area contributed by atoms with Crippen molar-refractivity contribution in [2.45, 2.75) is 27.7 Å². The van der Waals surface area contributed by atoms with E-state index in [4.69, 9.17) is 23.2 Å². The molecule has 1 aliphatic heterocycles. The Morgan fingerprint density at radius 3 is 1.28 bits per heavy atom. The minimum Gasteiger partial charge on any atom is -0.299 e. The summed E-state index contributed by atoms with van der Waals surface area (Å²) in [5.41, 5.74) is 6.48. The zero-order valence-corrected chi connectivity index (χ0v) is 26.8. The van der Waals surface area contributed by atoms with Gasteiger partial charge in [0.25, 0.3) is 11.8 Å². The first-order valence-corrected chi connectivity index (χ1v) is 14.4. The molecule has 2 aromatic carbocycles. The van der Waals surface area contributed by atoms with Crippen LogP contribution in [0.3, 0.4) is 0 Å². The number of allylic oxidation sites excluding steroid dienone is 8. The van der Waals surface area contributed by atoms with Crippen LogP contribution in [0, 0.1) is 22.7 Å². The van der Waals surface area contributed by atoms with Gasteiger partial charge in [-0.15, -0.1) is 0 Å². The Bertz CT molecular complexity index is 1700. The van der Waals surface area contributed by atoms with Gasteiger partial charge in [0.05, 0.1) is 0 Å². The summed E-state index contributed by atoms with van der Waals surface area (Å²) in [6.07, 6.45) is 7.71. The third-order valence-electron chi connectivity index (χ3n) is 6.54. The summed E-state index contributed by atoms with van der Waals surface area (Å²) in [4.78, 5) is 52.5. The molecule has 10 nitrogen and oxygen atoms in total. The molecule has 0 aromatic heterocycles. The van der Waals surface area contributed by atoms with Crippen molar-refractivity contribution in [1.29, 1.82) is 10.5 Å². The summed E-state index contributed by atoms with van der Waals surface area (Å²) in [5.74, 6) is -2.26. The van der Waals surface area contributed by atoms with E-state index in [2.05, 4.69) is 10.9 Å². The molecule has 0 unspecified atom stereocenters. The van der Waals surface area contributed by atoms with Crippen LogP contribution < -0.4 is 10.9 Å². The lowest BCUT2D eigenvalue weighted by molar-refractivity contribution is -0.127. The highest BCUT2D eigenvalue weighted by Gasteiger charge is 2.26. The van der Waals surface area contributed by atoms with E-state index < -0.39 is 11.8 Å². The van der Waals surface area contributed by atoms with Crippen LogP contribution in [0.1, 0.15) is 48.4 Å². The molecule has 12 heteroatoms. The smallest absolute Gasteiger partial charge is 0.287 e. The van der Waals surface area contributed by atoms with E-state index in [1.807, 2.05) is 12.1 Å². The van der Waals surface area contributed by atoms with Gasteiger partial charge >= 0.3 is 0 Å². The number of halogens is 2. The second kappa shape index (κ2) is 15.9. The molecule has 0 saturated heterocycles. The van der Waals surface area contributed by atoms with Crippen molar-refractivity contribution in [3.63, 3.8) is 0 Å². The second-order valence-electron chi connectivity index (χ2n) is 9.86. The van der Waals surface area contributed by atoms with E-state index in [9.17, 15) is 29.7 Å². The molecule has 2 aromatic rings. The molecular formula is C34H28Cl2N6O4. The Kier molecular flexibility index (Phi) is 12.0. The predicted molar refractivity (Wildman–Crippen MR) is 174 cm³/mol. The molecule has 0 saturated carbocycles. The SMILES string of the molecule is CC1=C(\C#N)C(=O)N(N/C=C\C(=O)c2ccc(Cl)cc2)/C(C)=C/C(C)=C(/C#N)C(=O)N(N/C=C\C(=O)c2ccc(Cl)cc2)\C(C)=C\1. The van der Waals surface area contributed by atoms with Crippen LogP contribution in [0.2, 0.25) is 10.0 Å². The third-order valence-corrected chi connectivity index (χ3v) is 7.04. The fraction of sp³-hybridized carbons (Fsp3) is 0.118. The maximum Gasteiger partial charge on any atom is 0.287 e. The molecule has 232 valence electrons. The third kappa shape index (κ3) is 8.70. The molecular weight excluding hydrogens is 627 g/mol. The lowest BCUT2D eigenvalue weighted by Gasteiger charge is -2.26. The van der Waals surface area contributed by atoms with Gasteiger partial charge in [0.15, 0.2) is 11.6 Å². The quantitative estimate of drug-likeness (QED) is 0.251. The summed E-state index contributed by atoms with van der Waals surface area (Å²) in [5, 5.41) is 22.9. The van der Waals surface area contributed by atoms with E-state index in [1.54, 1.807) is 48.5 Å². The van der Waals surface area contributed by atoms with Gasteiger partial charge in [0.2, 0.25) is 0 Å². The molecule has 0 bridgehead atoms. The molecule has 0 radical (unpaired) electrons.